The predicted octanol–water partition coefficient (Wildman–Crippen LogP) is 3.30. The minimum absolute atomic E-state index is 0.210. The Kier molecular flexibility index (Phi) is 4.73. The Morgan fingerprint density at radius 1 is 1.33 bits per heavy atom. The Balaban J connectivity index is 1.77. The fourth-order valence-electron chi connectivity index (χ4n) is 3.76. The van der Waals surface area contributed by atoms with Crippen molar-refractivity contribution in [1.29, 1.82) is 0 Å². The highest BCUT2D eigenvalue weighted by Crippen LogP contribution is 2.32. The summed E-state index contributed by atoms with van der Waals surface area (Å²) in [6, 6.07) is 8.52. The Bertz CT molecular complexity index is 1010. The van der Waals surface area contributed by atoms with E-state index in [4.69, 9.17) is 4.52 Å². The summed E-state index contributed by atoms with van der Waals surface area (Å²) in [5.74, 6) is 1.12. The van der Waals surface area contributed by atoms with Crippen LogP contribution in [0.15, 0.2) is 39.6 Å². The number of hydrogen-bond acceptors (Lipinski definition) is 5. The number of rotatable bonds is 5. The molecule has 0 spiro atoms. The molecule has 27 heavy (non-hydrogen) atoms. The minimum Gasteiger partial charge on any atom is -0.361 e. The highest BCUT2D eigenvalue weighted by molar-refractivity contribution is 5.77. The van der Waals surface area contributed by atoms with Crippen LogP contribution >= 0.6 is 0 Å². The van der Waals surface area contributed by atoms with Crippen molar-refractivity contribution < 1.29 is 13.3 Å². The normalized spacial score (nSPS) is 18.0. The first-order chi connectivity index (χ1) is 13.0. The molecule has 1 aliphatic rings. The van der Waals surface area contributed by atoms with Crippen LogP contribution in [0, 0.1) is 6.92 Å². The molecule has 1 aromatic carbocycles. The van der Waals surface area contributed by atoms with Gasteiger partial charge >= 0.3 is 0 Å². The summed E-state index contributed by atoms with van der Waals surface area (Å²) in [7, 11) is 0. The van der Waals surface area contributed by atoms with Crippen LogP contribution in [0.5, 0.6) is 0 Å². The first-order valence-corrected chi connectivity index (χ1v) is 8.97. The molecule has 0 amide bonds. The van der Waals surface area contributed by atoms with E-state index in [0.29, 0.717) is 23.3 Å². The maximum absolute atomic E-state index is 13.2. The van der Waals surface area contributed by atoms with Gasteiger partial charge in [0.2, 0.25) is 0 Å². The molecule has 142 valence electrons. The maximum atomic E-state index is 13.2. The quantitative estimate of drug-likeness (QED) is 0.686. The van der Waals surface area contributed by atoms with Crippen LogP contribution in [-0.2, 0) is 13.1 Å². The first kappa shape index (κ1) is 17.8. The summed E-state index contributed by atoms with van der Waals surface area (Å²) >= 11 is 0. The average molecular weight is 374 g/mol. The van der Waals surface area contributed by atoms with E-state index in [1.165, 1.54) is 0 Å². The van der Waals surface area contributed by atoms with Crippen molar-refractivity contribution in [3.63, 3.8) is 0 Å². The first-order valence-electron chi connectivity index (χ1n) is 8.97. The molecular formula is C19H20F2N4O2. The zero-order valence-corrected chi connectivity index (χ0v) is 14.9. The number of alkyl halides is 2. The fourth-order valence-corrected chi connectivity index (χ4v) is 3.76. The Morgan fingerprint density at radius 3 is 2.89 bits per heavy atom. The summed E-state index contributed by atoms with van der Waals surface area (Å²) in [5.41, 5.74) is 0.898. The standard InChI is InChI=1S/C19H20F2N4O2/c1-12-9-13(23-27-12)10-24-8-4-7-16(24)18-22-15-6-3-2-5-14(15)19(26)25(18)11-17(20)21/h2-3,5-6,9,16-17H,4,7-8,10-11H2,1H3. The molecule has 1 unspecified atom stereocenters. The molecule has 1 aliphatic heterocycles. The highest BCUT2D eigenvalue weighted by atomic mass is 19.3. The Morgan fingerprint density at radius 2 is 2.15 bits per heavy atom. The topological polar surface area (TPSA) is 64.2 Å². The van der Waals surface area contributed by atoms with Crippen molar-refractivity contribution >= 4 is 10.9 Å². The van der Waals surface area contributed by atoms with Crippen LogP contribution in [-0.4, -0.2) is 32.6 Å². The van der Waals surface area contributed by atoms with E-state index in [1.807, 2.05) is 13.0 Å². The number of aromatic nitrogens is 3. The van der Waals surface area contributed by atoms with Gasteiger partial charge in [0, 0.05) is 12.6 Å². The predicted molar refractivity (Wildman–Crippen MR) is 95.6 cm³/mol. The van der Waals surface area contributed by atoms with Crippen molar-refractivity contribution in [1.82, 2.24) is 19.6 Å². The third-order valence-corrected chi connectivity index (χ3v) is 4.92. The lowest BCUT2D eigenvalue weighted by atomic mass is 10.1. The van der Waals surface area contributed by atoms with Crippen LogP contribution in [0.3, 0.4) is 0 Å². The fraction of sp³-hybridized carbons (Fsp3) is 0.421. The summed E-state index contributed by atoms with van der Waals surface area (Å²) in [5, 5.41) is 4.38. The number of para-hydroxylation sites is 1. The number of fused-ring (bicyclic) bond motifs is 1. The molecule has 1 atom stereocenters. The molecular weight excluding hydrogens is 354 g/mol. The average Bonchev–Trinajstić information content (AvgIpc) is 3.26. The van der Waals surface area contributed by atoms with Gasteiger partial charge in [0.25, 0.3) is 12.0 Å². The molecule has 2 aromatic heterocycles. The second-order valence-electron chi connectivity index (χ2n) is 6.85. The number of nitrogens with zero attached hydrogens (tertiary/aromatic N) is 4. The number of halogens is 2. The summed E-state index contributed by atoms with van der Waals surface area (Å²) in [6.07, 6.45) is -0.971. The third kappa shape index (κ3) is 3.49. The SMILES string of the molecule is Cc1cc(CN2CCCC2c2nc3ccccc3c(=O)n2CC(F)F)no1. The number of benzene rings is 1. The molecule has 3 aromatic rings. The molecule has 3 heterocycles. The van der Waals surface area contributed by atoms with Gasteiger partial charge in [0.1, 0.15) is 11.6 Å². The van der Waals surface area contributed by atoms with Crippen molar-refractivity contribution in [2.45, 2.75) is 45.3 Å². The molecule has 0 radical (unpaired) electrons. The smallest absolute Gasteiger partial charge is 0.261 e. The molecule has 8 heteroatoms. The third-order valence-electron chi connectivity index (χ3n) is 4.92. The van der Waals surface area contributed by atoms with Gasteiger partial charge in [-0.15, -0.1) is 0 Å². The van der Waals surface area contributed by atoms with E-state index >= 15 is 0 Å². The highest BCUT2D eigenvalue weighted by Gasteiger charge is 2.31. The lowest BCUT2D eigenvalue weighted by molar-refractivity contribution is 0.120. The largest absolute Gasteiger partial charge is 0.361 e. The van der Waals surface area contributed by atoms with Gasteiger partial charge in [-0.05, 0) is 38.4 Å². The van der Waals surface area contributed by atoms with Crippen molar-refractivity contribution in [3.8, 4) is 0 Å². The lowest BCUT2D eigenvalue weighted by Gasteiger charge is -2.25. The van der Waals surface area contributed by atoms with Gasteiger partial charge in [-0.2, -0.15) is 0 Å². The van der Waals surface area contributed by atoms with E-state index in [9.17, 15) is 13.6 Å². The molecule has 0 saturated carbocycles. The molecule has 0 aliphatic carbocycles. The van der Waals surface area contributed by atoms with Gasteiger partial charge in [0.05, 0.1) is 29.2 Å². The summed E-state index contributed by atoms with van der Waals surface area (Å²) in [4.78, 5) is 19.6. The van der Waals surface area contributed by atoms with Gasteiger partial charge in [-0.3, -0.25) is 14.3 Å². The van der Waals surface area contributed by atoms with Gasteiger partial charge in [-0.1, -0.05) is 17.3 Å². The Labute approximate surface area is 154 Å². The Hall–Kier alpha value is -2.61. The number of hydrogen-bond donors (Lipinski definition) is 0. The van der Waals surface area contributed by atoms with Gasteiger partial charge in [0.15, 0.2) is 0 Å². The molecule has 6 nitrogen and oxygen atoms in total. The second kappa shape index (κ2) is 7.19. The molecule has 1 fully saturated rings. The van der Waals surface area contributed by atoms with Crippen LogP contribution in [0.1, 0.15) is 36.2 Å². The zero-order chi connectivity index (χ0) is 19.0. The van der Waals surface area contributed by atoms with Crippen LogP contribution in [0.25, 0.3) is 10.9 Å². The van der Waals surface area contributed by atoms with Crippen molar-refractivity contribution in [2.75, 3.05) is 6.54 Å². The van der Waals surface area contributed by atoms with E-state index in [-0.39, 0.29) is 6.04 Å². The molecule has 0 bridgehead atoms. The monoisotopic (exact) mass is 374 g/mol. The number of aryl methyl sites for hydroxylation is 1. The van der Waals surface area contributed by atoms with Crippen LogP contribution in [0.2, 0.25) is 0 Å². The van der Waals surface area contributed by atoms with E-state index in [2.05, 4.69) is 15.0 Å². The van der Waals surface area contributed by atoms with Crippen LogP contribution < -0.4 is 5.56 Å². The second-order valence-corrected chi connectivity index (χ2v) is 6.85. The van der Waals surface area contributed by atoms with Gasteiger partial charge < -0.3 is 4.52 Å². The van der Waals surface area contributed by atoms with Crippen molar-refractivity contribution in [3.05, 3.63) is 58.0 Å². The molecule has 0 N–H and O–H groups in total. The van der Waals surface area contributed by atoms with Crippen molar-refractivity contribution in [2.24, 2.45) is 0 Å². The number of likely N-dealkylation sites (tertiary alicyclic amines) is 1. The summed E-state index contributed by atoms with van der Waals surface area (Å²) in [6.45, 7) is 2.48. The minimum atomic E-state index is -2.63. The maximum Gasteiger partial charge on any atom is 0.261 e. The van der Waals surface area contributed by atoms with Crippen LogP contribution in [0.4, 0.5) is 8.78 Å². The lowest BCUT2D eigenvalue weighted by Crippen LogP contribution is -2.33. The summed E-state index contributed by atoms with van der Waals surface area (Å²) < 4.78 is 32.6. The van der Waals surface area contributed by atoms with E-state index in [0.717, 1.165) is 35.4 Å². The zero-order valence-electron chi connectivity index (χ0n) is 14.9. The molecule has 4 rings (SSSR count). The molecule has 1 saturated heterocycles. The van der Waals surface area contributed by atoms with Gasteiger partial charge in [-0.25, -0.2) is 13.8 Å². The van der Waals surface area contributed by atoms with E-state index < -0.39 is 18.5 Å². The van der Waals surface area contributed by atoms with E-state index in [1.54, 1.807) is 24.3 Å².